The zero-order valence-electron chi connectivity index (χ0n) is 16.5. The van der Waals surface area contributed by atoms with Crippen LogP contribution in [-0.2, 0) is 25.5 Å². The molecule has 0 spiro atoms. The van der Waals surface area contributed by atoms with Gasteiger partial charge in [0.1, 0.15) is 18.7 Å². The molecule has 0 bridgehead atoms. The van der Waals surface area contributed by atoms with Gasteiger partial charge in [-0.25, -0.2) is 13.4 Å². The number of fused-ring (bicyclic) bond motifs is 1. The molecule has 10 heteroatoms. The minimum Gasteiger partial charge on any atom is -0.483 e. The van der Waals surface area contributed by atoms with Crippen molar-refractivity contribution in [3.8, 4) is 11.5 Å². The van der Waals surface area contributed by atoms with Crippen molar-refractivity contribution in [1.29, 1.82) is 0 Å². The van der Waals surface area contributed by atoms with E-state index in [-0.39, 0.29) is 18.7 Å². The lowest BCUT2D eigenvalue weighted by molar-refractivity contribution is -0.143. The average Bonchev–Trinajstić information content (AvgIpc) is 2.96. The number of hydrogen-bond acceptors (Lipinski definition) is 9. The Morgan fingerprint density at radius 2 is 1.75 bits per heavy atom. The predicted octanol–water partition coefficient (Wildman–Crippen LogP) is 2.04. The average molecular weight is 412 g/mol. The molecule has 28 heavy (non-hydrogen) atoms. The van der Waals surface area contributed by atoms with E-state index in [0.29, 0.717) is 17.9 Å². The third-order valence-corrected chi connectivity index (χ3v) is 4.70. The van der Waals surface area contributed by atoms with Crippen LogP contribution in [0.4, 0.5) is 4.79 Å². The lowest BCUT2D eigenvalue weighted by Gasteiger charge is -2.24. The largest absolute Gasteiger partial charge is 0.483 e. The topological polar surface area (TPSA) is 94.6 Å². The summed E-state index contributed by atoms with van der Waals surface area (Å²) >= 11 is 0.842. The quantitative estimate of drug-likeness (QED) is 0.492. The van der Waals surface area contributed by atoms with Crippen LogP contribution in [0.2, 0.25) is 0 Å². The molecule has 9 nitrogen and oxygen atoms in total. The second-order valence-corrected chi connectivity index (χ2v) is 7.91. The number of esters is 2. The first kappa shape index (κ1) is 21.8. The summed E-state index contributed by atoms with van der Waals surface area (Å²) in [6, 6.07) is 5.37. The van der Waals surface area contributed by atoms with Gasteiger partial charge < -0.3 is 18.9 Å². The van der Waals surface area contributed by atoms with Crippen LogP contribution < -0.4 is 9.47 Å². The summed E-state index contributed by atoms with van der Waals surface area (Å²) in [4.78, 5) is 35.6. The van der Waals surface area contributed by atoms with Crippen LogP contribution in [-0.4, -0.2) is 66.6 Å². The van der Waals surface area contributed by atoms with E-state index in [1.807, 2.05) is 19.9 Å². The molecule has 1 amide bonds. The Balaban J connectivity index is 2.04. The number of rotatable bonds is 7. The minimum atomic E-state index is -0.688. The summed E-state index contributed by atoms with van der Waals surface area (Å²) < 4.78 is 23.0. The maximum absolute atomic E-state index is 12.5. The molecule has 1 heterocycles. The number of ether oxygens (including phenoxy) is 4. The highest BCUT2D eigenvalue weighted by Gasteiger charge is 2.33. The van der Waals surface area contributed by atoms with Gasteiger partial charge in [0.2, 0.25) is 0 Å². The summed E-state index contributed by atoms with van der Waals surface area (Å²) in [6.45, 7) is 3.48. The fourth-order valence-corrected chi connectivity index (χ4v) is 3.34. The first-order valence-corrected chi connectivity index (χ1v) is 9.21. The highest BCUT2D eigenvalue weighted by atomic mass is 32.2. The van der Waals surface area contributed by atoms with Gasteiger partial charge in [0.25, 0.3) is 0 Å². The Morgan fingerprint density at radius 3 is 2.32 bits per heavy atom. The Morgan fingerprint density at radius 1 is 1.14 bits per heavy atom. The van der Waals surface area contributed by atoms with E-state index < -0.39 is 18.0 Å². The van der Waals surface area contributed by atoms with Crippen LogP contribution in [0.5, 0.6) is 11.5 Å². The fourth-order valence-electron chi connectivity index (χ4n) is 2.56. The molecule has 0 aromatic heterocycles. The Bertz CT molecular complexity index is 735. The Labute approximate surface area is 168 Å². The third-order valence-electron chi connectivity index (χ3n) is 3.81. The van der Waals surface area contributed by atoms with Crippen molar-refractivity contribution < 1.29 is 33.3 Å². The molecule has 1 aliphatic heterocycles. The summed E-state index contributed by atoms with van der Waals surface area (Å²) in [5, 5.41) is 0. The number of methoxy groups -OCH3 is 2. The molecule has 154 valence electrons. The van der Waals surface area contributed by atoms with Crippen molar-refractivity contribution in [2.75, 3.05) is 34.4 Å². The van der Waals surface area contributed by atoms with E-state index in [2.05, 4.69) is 9.47 Å². The highest BCUT2D eigenvalue weighted by Crippen LogP contribution is 2.42. The van der Waals surface area contributed by atoms with Crippen molar-refractivity contribution in [2.45, 2.75) is 25.9 Å². The molecular formula is C18H24N2O7S. The van der Waals surface area contributed by atoms with Gasteiger partial charge in [-0.2, -0.15) is 0 Å². The summed E-state index contributed by atoms with van der Waals surface area (Å²) in [7, 11) is 3.93. The van der Waals surface area contributed by atoms with Crippen LogP contribution in [0.3, 0.4) is 0 Å². The molecular weight excluding hydrogens is 388 g/mol. The molecule has 0 aliphatic carbocycles. The molecule has 2 rings (SSSR count). The smallest absolute Gasteiger partial charge is 0.426 e. The van der Waals surface area contributed by atoms with Crippen molar-refractivity contribution in [2.24, 2.45) is 0 Å². The third kappa shape index (κ3) is 5.77. The van der Waals surface area contributed by atoms with Gasteiger partial charge in [-0.05, 0) is 19.9 Å². The number of hydrogen-bond donors (Lipinski definition) is 0. The lowest BCUT2D eigenvalue weighted by atomic mass is 10.0. The first-order chi connectivity index (χ1) is 13.1. The van der Waals surface area contributed by atoms with E-state index >= 15 is 0 Å². The Kier molecular flexibility index (Phi) is 7.14. The molecule has 0 radical (unpaired) electrons. The highest BCUT2D eigenvalue weighted by molar-refractivity contribution is 7.95. The van der Waals surface area contributed by atoms with Gasteiger partial charge in [-0.15, -0.1) is 0 Å². The van der Waals surface area contributed by atoms with Gasteiger partial charge in [-0.3, -0.25) is 9.59 Å². The minimum absolute atomic E-state index is 0.216. The van der Waals surface area contributed by atoms with Gasteiger partial charge in [0.15, 0.2) is 11.5 Å². The molecule has 0 atom stereocenters. The SMILES string of the molecule is COC(=O)CN(CC(=O)OC)SN(C)C(=O)Oc1cccc2c1OC(C)(C)C2. The number of carbonyl (C=O) groups is 3. The number of nitrogens with zero attached hydrogens (tertiary/aromatic N) is 2. The number of carbonyl (C=O) groups excluding carboxylic acids is 3. The van der Waals surface area contributed by atoms with Crippen molar-refractivity contribution in [3.63, 3.8) is 0 Å². The molecule has 0 saturated carbocycles. The van der Waals surface area contributed by atoms with E-state index in [1.54, 1.807) is 12.1 Å². The molecule has 1 aliphatic rings. The van der Waals surface area contributed by atoms with Crippen LogP contribution in [0, 0.1) is 0 Å². The normalized spacial score (nSPS) is 14.1. The second-order valence-electron chi connectivity index (χ2n) is 6.68. The van der Waals surface area contributed by atoms with E-state index in [0.717, 1.165) is 22.0 Å². The monoisotopic (exact) mass is 412 g/mol. The van der Waals surface area contributed by atoms with Crippen molar-refractivity contribution in [3.05, 3.63) is 23.8 Å². The maximum atomic E-state index is 12.5. The lowest BCUT2D eigenvalue weighted by Crippen LogP contribution is -2.36. The predicted molar refractivity (Wildman–Crippen MR) is 102 cm³/mol. The van der Waals surface area contributed by atoms with Crippen LogP contribution in [0.25, 0.3) is 0 Å². The van der Waals surface area contributed by atoms with Crippen LogP contribution in [0.15, 0.2) is 18.2 Å². The zero-order chi connectivity index (χ0) is 20.9. The maximum Gasteiger partial charge on any atom is 0.426 e. The summed E-state index contributed by atoms with van der Waals surface area (Å²) in [6.07, 6.45) is 0.0242. The summed E-state index contributed by atoms with van der Waals surface area (Å²) in [5.41, 5.74) is 0.590. The van der Waals surface area contributed by atoms with E-state index in [4.69, 9.17) is 9.47 Å². The number of para-hydroxylation sites is 1. The summed E-state index contributed by atoms with van der Waals surface area (Å²) in [5.74, 6) is -0.266. The van der Waals surface area contributed by atoms with Crippen LogP contribution in [0.1, 0.15) is 19.4 Å². The molecule has 0 fully saturated rings. The van der Waals surface area contributed by atoms with Gasteiger partial charge >= 0.3 is 18.0 Å². The van der Waals surface area contributed by atoms with Crippen molar-refractivity contribution >= 4 is 30.2 Å². The van der Waals surface area contributed by atoms with E-state index in [9.17, 15) is 14.4 Å². The molecule has 1 aromatic rings. The van der Waals surface area contributed by atoms with Gasteiger partial charge in [0, 0.05) is 31.2 Å². The van der Waals surface area contributed by atoms with Crippen molar-refractivity contribution in [1.82, 2.24) is 8.61 Å². The number of benzene rings is 1. The molecule has 0 saturated heterocycles. The first-order valence-electron chi connectivity index (χ1n) is 8.48. The van der Waals surface area contributed by atoms with Gasteiger partial charge in [0.05, 0.1) is 14.2 Å². The van der Waals surface area contributed by atoms with Gasteiger partial charge in [-0.1, -0.05) is 12.1 Å². The van der Waals surface area contributed by atoms with E-state index in [1.165, 1.54) is 25.6 Å². The fraction of sp³-hybridized carbons (Fsp3) is 0.500. The molecule has 0 N–H and O–H groups in total. The zero-order valence-corrected chi connectivity index (χ0v) is 17.3. The standard InChI is InChI=1S/C18H24N2O7S/c1-18(2)9-12-7-6-8-13(16(12)27-18)26-17(23)19(3)28-20(10-14(21)24-4)11-15(22)25-5/h6-8H,9-11H2,1-5H3. The van der Waals surface area contributed by atoms with Crippen LogP contribution >= 0.6 is 12.1 Å². The second kappa shape index (κ2) is 9.16. The molecule has 1 aromatic carbocycles. The Hall–Kier alpha value is -2.46. The molecule has 0 unspecified atom stereocenters. The number of amides is 1.